The minimum atomic E-state index is -5.12. The molecule has 1 saturated carbocycles. The van der Waals surface area contributed by atoms with E-state index in [1.54, 1.807) is 0 Å². The van der Waals surface area contributed by atoms with Crippen LogP contribution in [0.15, 0.2) is 23.1 Å². The summed E-state index contributed by atoms with van der Waals surface area (Å²) in [5.74, 6) is 0. The second kappa shape index (κ2) is 6.76. The fourth-order valence-electron chi connectivity index (χ4n) is 2.65. The van der Waals surface area contributed by atoms with Crippen LogP contribution in [0.25, 0.3) is 0 Å². The minimum Gasteiger partial charge on any atom is -0.326 e. The molecule has 142 valence electrons. The molecule has 0 aromatic heterocycles. The maximum Gasteiger partial charge on any atom is 0.416 e. The molecule has 0 spiro atoms. The lowest BCUT2D eigenvalue weighted by Gasteiger charge is -2.29. The predicted octanol–water partition coefficient (Wildman–Crippen LogP) is 3.27. The number of alkyl halides is 6. The smallest absolute Gasteiger partial charge is 0.326 e. The molecule has 0 radical (unpaired) electrons. The Hall–Kier alpha value is -1.33. The first-order valence-electron chi connectivity index (χ1n) is 7.38. The van der Waals surface area contributed by atoms with E-state index in [1.165, 1.54) is 0 Å². The van der Waals surface area contributed by atoms with Crippen molar-refractivity contribution in [3.8, 4) is 0 Å². The van der Waals surface area contributed by atoms with Gasteiger partial charge in [0.25, 0.3) is 0 Å². The van der Waals surface area contributed by atoms with E-state index >= 15 is 0 Å². The standard InChI is InChI=1S/C14H16F6N2O2S/c15-13(16,17)8-5-9(14(18,19)20)7-10(6-8)25(23,24)22-12-4-2-1-3-11(12)21/h5-7,11-12,22H,1-4,21H2/t11-,12-/m0/s1. The van der Waals surface area contributed by atoms with Crippen LogP contribution in [0.1, 0.15) is 36.8 Å². The van der Waals surface area contributed by atoms with Gasteiger partial charge in [-0.05, 0) is 31.0 Å². The van der Waals surface area contributed by atoms with Crippen LogP contribution in [0, 0.1) is 0 Å². The van der Waals surface area contributed by atoms with Gasteiger partial charge in [0.15, 0.2) is 0 Å². The monoisotopic (exact) mass is 390 g/mol. The molecule has 1 aromatic carbocycles. The van der Waals surface area contributed by atoms with Crippen LogP contribution in [0.4, 0.5) is 26.3 Å². The van der Waals surface area contributed by atoms with E-state index in [9.17, 15) is 34.8 Å². The molecule has 25 heavy (non-hydrogen) atoms. The quantitative estimate of drug-likeness (QED) is 0.779. The molecule has 0 heterocycles. The van der Waals surface area contributed by atoms with Crippen molar-refractivity contribution < 1.29 is 34.8 Å². The van der Waals surface area contributed by atoms with Crippen molar-refractivity contribution in [2.75, 3.05) is 0 Å². The Bertz CT molecular complexity index is 698. The highest BCUT2D eigenvalue weighted by Gasteiger charge is 2.38. The van der Waals surface area contributed by atoms with Crippen molar-refractivity contribution in [3.63, 3.8) is 0 Å². The van der Waals surface area contributed by atoms with Crippen LogP contribution in [-0.4, -0.2) is 20.5 Å². The first-order valence-corrected chi connectivity index (χ1v) is 8.86. The van der Waals surface area contributed by atoms with Gasteiger partial charge in [0, 0.05) is 12.1 Å². The molecular formula is C14H16F6N2O2S. The summed E-state index contributed by atoms with van der Waals surface area (Å²) >= 11 is 0. The summed E-state index contributed by atoms with van der Waals surface area (Å²) < 4.78 is 104. The van der Waals surface area contributed by atoms with Gasteiger partial charge < -0.3 is 5.73 Å². The third kappa shape index (κ3) is 4.85. The van der Waals surface area contributed by atoms with Crippen LogP contribution in [0.3, 0.4) is 0 Å². The Morgan fingerprint density at radius 1 is 0.920 bits per heavy atom. The molecule has 3 N–H and O–H groups in total. The molecule has 1 fully saturated rings. The molecule has 11 heteroatoms. The fourth-order valence-corrected chi connectivity index (χ4v) is 4.05. The lowest BCUT2D eigenvalue weighted by atomic mass is 9.92. The Labute approximate surface area is 140 Å². The third-order valence-corrected chi connectivity index (χ3v) is 5.47. The first kappa shape index (κ1) is 20.0. The number of nitrogens with two attached hydrogens (primary N) is 1. The average Bonchev–Trinajstić information content (AvgIpc) is 2.47. The second-order valence-electron chi connectivity index (χ2n) is 5.92. The number of hydrogen-bond donors (Lipinski definition) is 2. The SMILES string of the molecule is N[C@H]1CCCC[C@@H]1NS(=O)(=O)c1cc(C(F)(F)F)cc(C(F)(F)F)c1. The van der Waals surface area contributed by atoms with Gasteiger partial charge in [0.05, 0.1) is 16.0 Å². The van der Waals surface area contributed by atoms with Crippen molar-refractivity contribution in [1.82, 2.24) is 4.72 Å². The predicted molar refractivity (Wildman–Crippen MR) is 77.0 cm³/mol. The maximum atomic E-state index is 12.8. The number of halogens is 6. The summed E-state index contributed by atoms with van der Waals surface area (Å²) in [7, 11) is -4.59. The zero-order valence-corrected chi connectivity index (χ0v) is 13.6. The zero-order chi connectivity index (χ0) is 19.0. The van der Waals surface area contributed by atoms with Gasteiger partial charge in [-0.1, -0.05) is 12.8 Å². The molecule has 1 aromatic rings. The van der Waals surface area contributed by atoms with Gasteiger partial charge in [-0.25, -0.2) is 13.1 Å². The molecule has 1 aliphatic rings. The Balaban J connectivity index is 2.45. The normalized spacial score (nSPS) is 22.8. The van der Waals surface area contributed by atoms with Crippen LogP contribution in [0.2, 0.25) is 0 Å². The van der Waals surface area contributed by atoms with Crippen molar-refractivity contribution in [3.05, 3.63) is 29.3 Å². The highest BCUT2D eigenvalue weighted by atomic mass is 32.2. The summed E-state index contributed by atoms with van der Waals surface area (Å²) in [5.41, 5.74) is 2.41. The third-order valence-electron chi connectivity index (χ3n) is 4.00. The first-order chi connectivity index (χ1) is 11.3. The van der Waals surface area contributed by atoms with Gasteiger partial charge >= 0.3 is 12.4 Å². The van der Waals surface area contributed by atoms with Crippen LogP contribution in [0.5, 0.6) is 0 Å². The molecule has 0 unspecified atom stereocenters. The Kier molecular flexibility index (Phi) is 5.41. The van der Waals surface area contributed by atoms with Crippen molar-refractivity contribution >= 4 is 10.0 Å². The van der Waals surface area contributed by atoms with Crippen LogP contribution in [-0.2, 0) is 22.4 Å². The van der Waals surface area contributed by atoms with Gasteiger partial charge in [-0.3, -0.25) is 0 Å². The lowest BCUT2D eigenvalue weighted by Crippen LogP contribution is -2.49. The van der Waals surface area contributed by atoms with Crippen molar-refractivity contribution in [2.45, 2.75) is 55.0 Å². The van der Waals surface area contributed by atoms with E-state index in [4.69, 9.17) is 5.73 Å². The van der Waals surface area contributed by atoms with E-state index < -0.39 is 50.5 Å². The number of nitrogens with one attached hydrogen (secondary N) is 1. The summed E-state index contributed by atoms with van der Waals surface area (Å²) in [6.45, 7) is 0. The van der Waals surface area contributed by atoms with Gasteiger partial charge in [-0.15, -0.1) is 0 Å². The zero-order valence-electron chi connectivity index (χ0n) is 12.8. The Morgan fingerprint density at radius 2 is 1.40 bits per heavy atom. The molecular weight excluding hydrogens is 374 g/mol. The molecule has 1 aliphatic carbocycles. The van der Waals surface area contributed by atoms with E-state index in [0.717, 1.165) is 6.42 Å². The number of sulfonamides is 1. The number of benzene rings is 1. The maximum absolute atomic E-state index is 12.8. The molecule has 2 rings (SSSR count). The van der Waals surface area contributed by atoms with Crippen molar-refractivity contribution in [1.29, 1.82) is 0 Å². The molecule has 0 saturated heterocycles. The summed E-state index contributed by atoms with van der Waals surface area (Å²) in [6, 6.07) is -1.03. The van der Waals surface area contributed by atoms with E-state index in [-0.39, 0.29) is 18.2 Å². The molecule has 4 nitrogen and oxygen atoms in total. The van der Waals surface area contributed by atoms with Gasteiger partial charge in [-0.2, -0.15) is 26.3 Å². The summed E-state index contributed by atoms with van der Waals surface area (Å²) in [4.78, 5) is -1.09. The van der Waals surface area contributed by atoms with Gasteiger partial charge in [0.2, 0.25) is 10.0 Å². The highest BCUT2D eigenvalue weighted by Crippen LogP contribution is 2.37. The average molecular weight is 390 g/mol. The van der Waals surface area contributed by atoms with Crippen LogP contribution < -0.4 is 10.5 Å². The molecule has 0 amide bonds. The van der Waals surface area contributed by atoms with Crippen LogP contribution >= 0.6 is 0 Å². The Morgan fingerprint density at radius 3 is 1.84 bits per heavy atom. The van der Waals surface area contributed by atoms with Crippen molar-refractivity contribution in [2.24, 2.45) is 5.73 Å². The van der Waals surface area contributed by atoms with E-state index in [1.807, 2.05) is 0 Å². The minimum absolute atomic E-state index is 0.120. The largest absolute Gasteiger partial charge is 0.416 e. The van der Waals surface area contributed by atoms with E-state index in [2.05, 4.69) is 4.72 Å². The fraction of sp³-hybridized carbons (Fsp3) is 0.571. The summed E-state index contributed by atoms with van der Waals surface area (Å²) in [6.07, 6.45) is -7.91. The summed E-state index contributed by atoms with van der Waals surface area (Å²) in [5, 5.41) is 0. The molecule has 0 aliphatic heterocycles. The topological polar surface area (TPSA) is 72.2 Å². The second-order valence-corrected chi connectivity index (χ2v) is 7.63. The number of hydrogen-bond acceptors (Lipinski definition) is 3. The lowest BCUT2D eigenvalue weighted by molar-refractivity contribution is -0.143. The highest BCUT2D eigenvalue weighted by molar-refractivity contribution is 7.89. The van der Waals surface area contributed by atoms with Gasteiger partial charge in [0.1, 0.15) is 0 Å². The number of rotatable bonds is 3. The molecule has 2 atom stereocenters. The molecule has 0 bridgehead atoms. The van der Waals surface area contributed by atoms with E-state index in [0.29, 0.717) is 19.3 Å².